The Kier molecular flexibility index (Phi) is 7.79. The summed E-state index contributed by atoms with van der Waals surface area (Å²) < 4.78 is 70.0. The van der Waals surface area contributed by atoms with Gasteiger partial charge in [-0.05, 0) is 48.9 Å². The fourth-order valence-corrected chi connectivity index (χ4v) is 5.49. The topological polar surface area (TPSA) is 84.3 Å². The number of imidazole rings is 1. The number of para-hydroxylation sites is 1. The van der Waals surface area contributed by atoms with Gasteiger partial charge in [0.1, 0.15) is 12.4 Å². The molecule has 0 fully saturated rings. The van der Waals surface area contributed by atoms with Crippen molar-refractivity contribution in [2.24, 2.45) is 0 Å². The van der Waals surface area contributed by atoms with Crippen LogP contribution < -0.4 is 9.62 Å². The molecule has 0 spiro atoms. The van der Waals surface area contributed by atoms with Crippen LogP contribution in [0.5, 0.6) is 0 Å². The second-order valence-corrected chi connectivity index (χ2v) is 10.5. The average molecular weight is 563 g/mol. The van der Waals surface area contributed by atoms with E-state index in [1.807, 2.05) is 23.6 Å². The summed E-state index contributed by atoms with van der Waals surface area (Å²) >= 11 is 5.73. The highest BCUT2D eigenvalue weighted by molar-refractivity contribution is 7.92. The van der Waals surface area contributed by atoms with Gasteiger partial charge in [0.2, 0.25) is 5.91 Å². The van der Waals surface area contributed by atoms with Crippen LogP contribution in [0.1, 0.15) is 17.0 Å². The minimum atomic E-state index is -4.83. The number of benzene rings is 3. The van der Waals surface area contributed by atoms with Crippen LogP contribution in [-0.2, 0) is 27.5 Å². The van der Waals surface area contributed by atoms with Gasteiger partial charge in [-0.15, -0.1) is 0 Å². The lowest BCUT2D eigenvalue weighted by Crippen LogP contribution is -2.40. The van der Waals surface area contributed by atoms with Crippen molar-refractivity contribution in [3.8, 4) is 5.69 Å². The molecule has 198 valence electrons. The van der Waals surface area contributed by atoms with Crippen molar-refractivity contribution in [3.63, 3.8) is 0 Å². The van der Waals surface area contributed by atoms with Crippen LogP contribution in [0, 0.1) is 6.92 Å². The third kappa shape index (κ3) is 5.84. The first-order valence-corrected chi connectivity index (χ1v) is 13.1. The number of nitrogens with one attached hydrogen (secondary N) is 1. The molecule has 0 aliphatic carbocycles. The summed E-state index contributed by atoms with van der Waals surface area (Å²) in [5.41, 5.74) is -0.0699. The second kappa shape index (κ2) is 10.9. The van der Waals surface area contributed by atoms with E-state index in [0.717, 1.165) is 29.2 Å². The molecule has 4 rings (SSSR count). The van der Waals surface area contributed by atoms with E-state index in [2.05, 4.69) is 10.3 Å². The Morgan fingerprint density at radius 2 is 1.74 bits per heavy atom. The van der Waals surface area contributed by atoms with Crippen LogP contribution in [0.15, 0.2) is 90.1 Å². The number of rotatable bonds is 8. The molecule has 7 nitrogen and oxygen atoms in total. The van der Waals surface area contributed by atoms with Gasteiger partial charge in [-0.1, -0.05) is 48.0 Å². The number of sulfonamides is 1. The first-order chi connectivity index (χ1) is 18.0. The van der Waals surface area contributed by atoms with E-state index < -0.39 is 39.2 Å². The van der Waals surface area contributed by atoms with Gasteiger partial charge < -0.3 is 9.88 Å². The monoisotopic (exact) mass is 562 g/mol. The SMILES string of the molecule is Cc1nccn1-c1ccccc1CNC(=O)CN(c1ccc(Cl)c(C(F)(F)F)c1)S(=O)(=O)c1ccccc1. The maximum atomic E-state index is 13.5. The molecular weight excluding hydrogens is 541 g/mol. The molecule has 0 unspecified atom stereocenters. The molecule has 0 bridgehead atoms. The van der Waals surface area contributed by atoms with E-state index in [4.69, 9.17) is 11.6 Å². The van der Waals surface area contributed by atoms with Crippen molar-refractivity contribution in [2.45, 2.75) is 24.5 Å². The van der Waals surface area contributed by atoms with Gasteiger partial charge in [-0.3, -0.25) is 9.10 Å². The zero-order valence-electron chi connectivity index (χ0n) is 20.0. The summed E-state index contributed by atoms with van der Waals surface area (Å²) in [4.78, 5) is 17.0. The van der Waals surface area contributed by atoms with Crippen molar-refractivity contribution in [2.75, 3.05) is 10.8 Å². The lowest BCUT2D eigenvalue weighted by atomic mass is 10.1. The van der Waals surface area contributed by atoms with Gasteiger partial charge in [0, 0.05) is 18.9 Å². The van der Waals surface area contributed by atoms with Crippen LogP contribution in [0.3, 0.4) is 0 Å². The van der Waals surface area contributed by atoms with Gasteiger partial charge in [-0.25, -0.2) is 13.4 Å². The van der Waals surface area contributed by atoms with E-state index >= 15 is 0 Å². The van der Waals surface area contributed by atoms with E-state index in [1.165, 1.54) is 24.3 Å². The summed E-state index contributed by atoms with van der Waals surface area (Å²) in [6, 6.07) is 17.1. The predicted molar refractivity (Wildman–Crippen MR) is 138 cm³/mol. The molecule has 0 saturated heterocycles. The molecule has 38 heavy (non-hydrogen) atoms. The quantitative estimate of drug-likeness (QED) is 0.313. The molecule has 1 aromatic heterocycles. The minimum absolute atomic E-state index is 0.0419. The van der Waals surface area contributed by atoms with E-state index in [-0.39, 0.29) is 17.1 Å². The fraction of sp³-hybridized carbons (Fsp3) is 0.154. The Morgan fingerprint density at radius 1 is 1.05 bits per heavy atom. The van der Waals surface area contributed by atoms with Gasteiger partial charge >= 0.3 is 6.18 Å². The molecule has 1 heterocycles. The number of amides is 1. The Labute approximate surface area is 222 Å². The van der Waals surface area contributed by atoms with Crippen LogP contribution in [-0.4, -0.2) is 30.4 Å². The van der Waals surface area contributed by atoms with Crippen LogP contribution >= 0.6 is 11.6 Å². The molecule has 1 amide bonds. The fourth-order valence-electron chi connectivity index (χ4n) is 3.83. The number of aryl methyl sites for hydroxylation is 1. The van der Waals surface area contributed by atoms with E-state index in [1.54, 1.807) is 30.6 Å². The highest BCUT2D eigenvalue weighted by Gasteiger charge is 2.35. The maximum absolute atomic E-state index is 13.5. The van der Waals surface area contributed by atoms with Crippen molar-refractivity contribution >= 4 is 33.2 Å². The number of hydrogen-bond acceptors (Lipinski definition) is 4. The molecule has 0 saturated carbocycles. The summed E-state index contributed by atoms with van der Waals surface area (Å²) in [6.45, 7) is 1.10. The van der Waals surface area contributed by atoms with Crippen LogP contribution in [0.2, 0.25) is 5.02 Å². The maximum Gasteiger partial charge on any atom is 0.417 e. The minimum Gasteiger partial charge on any atom is -0.350 e. The molecular formula is C26H22ClF3N4O3S. The number of halogens is 4. The highest BCUT2D eigenvalue weighted by Crippen LogP contribution is 2.38. The largest absolute Gasteiger partial charge is 0.417 e. The molecule has 0 atom stereocenters. The molecule has 0 aliphatic heterocycles. The number of aromatic nitrogens is 2. The molecule has 0 aliphatic rings. The van der Waals surface area contributed by atoms with Crippen molar-refractivity contribution in [1.82, 2.24) is 14.9 Å². The molecule has 0 radical (unpaired) electrons. The van der Waals surface area contributed by atoms with Crippen molar-refractivity contribution < 1.29 is 26.4 Å². The first kappa shape index (κ1) is 27.2. The molecule has 1 N–H and O–H groups in total. The number of nitrogens with zero attached hydrogens (tertiary/aromatic N) is 3. The number of carbonyl (C=O) groups excluding carboxylic acids is 1. The number of carbonyl (C=O) groups is 1. The Balaban J connectivity index is 1.64. The van der Waals surface area contributed by atoms with Crippen LogP contribution in [0.25, 0.3) is 5.69 Å². The predicted octanol–water partition coefficient (Wildman–Crippen LogP) is 5.36. The number of hydrogen-bond donors (Lipinski definition) is 1. The summed E-state index contributed by atoms with van der Waals surface area (Å²) in [5, 5.41) is 2.08. The normalized spacial score (nSPS) is 11.8. The van der Waals surface area contributed by atoms with Gasteiger partial charge in [-0.2, -0.15) is 13.2 Å². The van der Waals surface area contributed by atoms with Gasteiger partial charge in [0.25, 0.3) is 10.0 Å². The summed E-state index contributed by atoms with van der Waals surface area (Å²) in [7, 11) is -4.41. The summed E-state index contributed by atoms with van der Waals surface area (Å²) in [6.07, 6.45) is -1.42. The van der Waals surface area contributed by atoms with E-state index in [9.17, 15) is 26.4 Å². The van der Waals surface area contributed by atoms with Crippen molar-refractivity contribution in [3.05, 3.63) is 107 Å². The first-order valence-electron chi connectivity index (χ1n) is 11.3. The summed E-state index contributed by atoms with van der Waals surface area (Å²) in [5.74, 6) is 0.0114. The zero-order chi connectivity index (χ0) is 27.5. The van der Waals surface area contributed by atoms with Gasteiger partial charge in [0.15, 0.2) is 0 Å². The number of anilines is 1. The average Bonchev–Trinajstić information content (AvgIpc) is 3.32. The van der Waals surface area contributed by atoms with Crippen molar-refractivity contribution in [1.29, 1.82) is 0 Å². The van der Waals surface area contributed by atoms with Gasteiger partial charge in [0.05, 0.1) is 26.9 Å². The zero-order valence-corrected chi connectivity index (χ0v) is 21.6. The lowest BCUT2D eigenvalue weighted by molar-refractivity contribution is -0.137. The van der Waals surface area contributed by atoms with Crippen LogP contribution in [0.4, 0.5) is 18.9 Å². The Morgan fingerprint density at radius 3 is 2.39 bits per heavy atom. The number of alkyl halides is 3. The standard InChI is InChI=1S/C26H22ClF3N4O3S/c1-18-31-13-14-33(18)24-10-6-5-7-19(24)16-32-25(35)17-34(38(36,37)21-8-3-2-4-9-21)20-11-12-23(27)22(15-20)26(28,29)30/h2-15H,16-17H2,1H3,(H,32,35). The second-order valence-electron chi connectivity index (χ2n) is 8.24. The third-order valence-electron chi connectivity index (χ3n) is 5.71. The third-order valence-corrected chi connectivity index (χ3v) is 7.83. The Bertz CT molecular complexity index is 1560. The Hall–Kier alpha value is -3.83. The smallest absolute Gasteiger partial charge is 0.350 e. The van der Waals surface area contributed by atoms with E-state index in [0.29, 0.717) is 10.4 Å². The molecule has 4 aromatic rings. The molecule has 3 aromatic carbocycles. The molecule has 12 heteroatoms. The highest BCUT2D eigenvalue weighted by atomic mass is 35.5. The lowest BCUT2D eigenvalue weighted by Gasteiger charge is -2.25.